The first-order valence-electron chi connectivity index (χ1n) is 4.95. The smallest absolute Gasteiger partial charge is 0.153 e. The van der Waals surface area contributed by atoms with Gasteiger partial charge in [-0.2, -0.15) is 0 Å². The Kier molecular flexibility index (Phi) is 3.00. The van der Waals surface area contributed by atoms with Crippen molar-refractivity contribution in [2.45, 2.75) is 39.3 Å². The number of hydrogen-bond donors (Lipinski definition) is 0. The van der Waals surface area contributed by atoms with Crippen LogP contribution in [0.1, 0.15) is 36.9 Å². The lowest BCUT2D eigenvalue weighted by atomic mass is 9.93. The van der Waals surface area contributed by atoms with Crippen molar-refractivity contribution in [3.05, 3.63) is 17.6 Å². The summed E-state index contributed by atoms with van der Waals surface area (Å²) in [6.07, 6.45) is 2.50. The third kappa shape index (κ3) is 1.98. The maximum atomic E-state index is 10.8. The minimum atomic E-state index is -1.00. The van der Waals surface area contributed by atoms with Gasteiger partial charge in [-0.1, -0.05) is 33.9 Å². The normalized spacial score (nSPS) is 12.1. The fraction of sp³-hybridized carbons (Fsp3) is 0.545. The zero-order valence-electron chi connectivity index (χ0n) is 9.55. The topological polar surface area (TPSA) is 30.2 Å². The van der Waals surface area contributed by atoms with Gasteiger partial charge in [0.1, 0.15) is 12.0 Å². The standard InChI is InChI=1S/C11H18O2Si/c1-11(2,3)10-9(14(4)5)8(6-12)7-13-10/h6-7,14H,1-5H3. The Bertz CT molecular complexity index is 332. The van der Waals surface area contributed by atoms with Crippen molar-refractivity contribution < 1.29 is 9.21 Å². The summed E-state index contributed by atoms with van der Waals surface area (Å²) in [6.45, 7) is 10.8. The molecule has 3 heteroatoms. The first kappa shape index (κ1) is 11.2. The van der Waals surface area contributed by atoms with Gasteiger partial charge >= 0.3 is 0 Å². The number of carbonyl (C=O) groups is 1. The number of aldehydes is 1. The van der Waals surface area contributed by atoms with Gasteiger partial charge in [0, 0.05) is 5.41 Å². The zero-order valence-corrected chi connectivity index (χ0v) is 10.7. The molecule has 1 aromatic heterocycles. The average Bonchev–Trinajstić information content (AvgIpc) is 2.45. The molecule has 0 saturated carbocycles. The van der Waals surface area contributed by atoms with E-state index in [4.69, 9.17) is 4.42 Å². The lowest BCUT2D eigenvalue weighted by Gasteiger charge is -2.18. The van der Waals surface area contributed by atoms with Gasteiger partial charge in [0.2, 0.25) is 0 Å². The quantitative estimate of drug-likeness (QED) is 0.552. The van der Waals surface area contributed by atoms with E-state index in [1.165, 1.54) is 5.19 Å². The Morgan fingerprint density at radius 1 is 1.36 bits per heavy atom. The van der Waals surface area contributed by atoms with Gasteiger partial charge in [0.05, 0.1) is 14.4 Å². The van der Waals surface area contributed by atoms with E-state index in [0.717, 1.165) is 17.6 Å². The van der Waals surface area contributed by atoms with Gasteiger partial charge in [-0.15, -0.1) is 0 Å². The molecule has 1 heterocycles. The molecule has 0 aromatic carbocycles. The monoisotopic (exact) mass is 210 g/mol. The van der Waals surface area contributed by atoms with Gasteiger partial charge in [0.15, 0.2) is 6.29 Å². The predicted molar refractivity (Wildman–Crippen MR) is 61.3 cm³/mol. The molecule has 0 radical (unpaired) electrons. The molecule has 2 nitrogen and oxygen atoms in total. The van der Waals surface area contributed by atoms with Crippen molar-refractivity contribution in [1.29, 1.82) is 0 Å². The van der Waals surface area contributed by atoms with Gasteiger partial charge in [-0.25, -0.2) is 0 Å². The summed E-state index contributed by atoms with van der Waals surface area (Å²) in [5.41, 5.74) is 0.741. The van der Waals surface area contributed by atoms with E-state index in [9.17, 15) is 4.79 Å². The summed E-state index contributed by atoms with van der Waals surface area (Å²) in [5.74, 6) is 0.987. The SMILES string of the molecule is C[SiH](C)c1c(C=O)coc1C(C)(C)C. The van der Waals surface area contributed by atoms with Crippen LogP contribution in [0.5, 0.6) is 0 Å². The summed E-state index contributed by atoms with van der Waals surface area (Å²) in [5, 5.41) is 1.19. The molecule has 0 spiro atoms. The van der Waals surface area contributed by atoms with Gasteiger partial charge < -0.3 is 4.42 Å². The van der Waals surface area contributed by atoms with Crippen molar-refractivity contribution in [1.82, 2.24) is 0 Å². The van der Waals surface area contributed by atoms with Crippen LogP contribution in [-0.2, 0) is 5.41 Å². The Labute approximate surface area is 86.9 Å². The van der Waals surface area contributed by atoms with E-state index in [1.807, 2.05) is 0 Å². The second-order valence-corrected chi connectivity index (χ2v) is 7.84. The fourth-order valence-electron chi connectivity index (χ4n) is 1.65. The minimum Gasteiger partial charge on any atom is -0.468 e. The Hall–Kier alpha value is -0.833. The molecule has 78 valence electrons. The van der Waals surface area contributed by atoms with E-state index in [-0.39, 0.29) is 5.41 Å². The molecular formula is C11H18O2Si. The lowest BCUT2D eigenvalue weighted by Crippen LogP contribution is -2.32. The maximum Gasteiger partial charge on any atom is 0.153 e. The summed E-state index contributed by atoms with van der Waals surface area (Å²) >= 11 is 0. The van der Waals surface area contributed by atoms with Crippen molar-refractivity contribution >= 4 is 20.3 Å². The summed E-state index contributed by atoms with van der Waals surface area (Å²) in [7, 11) is -1.00. The molecule has 0 aliphatic heterocycles. The maximum absolute atomic E-state index is 10.8. The van der Waals surface area contributed by atoms with Crippen LogP contribution in [0.15, 0.2) is 10.7 Å². The van der Waals surface area contributed by atoms with Crippen LogP contribution in [0, 0.1) is 0 Å². The van der Waals surface area contributed by atoms with E-state index in [1.54, 1.807) is 6.26 Å². The number of rotatable bonds is 2. The number of furan rings is 1. The number of hydrogen-bond acceptors (Lipinski definition) is 2. The third-order valence-corrected chi connectivity index (χ3v) is 4.00. The number of carbonyl (C=O) groups excluding carboxylic acids is 1. The predicted octanol–water partition coefficient (Wildman–Crippen LogP) is 2.08. The van der Waals surface area contributed by atoms with E-state index < -0.39 is 8.80 Å². The van der Waals surface area contributed by atoms with Crippen molar-refractivity contribution in [3.63, 3.8) is 0 Å². The van der Waals surface area contributed by atoms with E-state index in [2.05, 4.69) is 33.9 Å². The largest absolute Gasteiger partial charge is 0.468 e. The van der Waals surface area contributed by atoms with Crippen LogP contribution >= 0.6 is 0 Å². The summed E-state index contributed by atoms with van der Waals surface area (Å²) in [6, 6.07) is 0. The molecule has 0 unspecified atom stereocenters. The molecule has 0 aliphatic carbocycles. The highest BCUT2D eigenvalue weighted by molar-refractivity contribution is 6.72. The molecule has 14 heavy (non-hydrogen) atoms. The Balaban J connectivity index is 3.32. The molecule has 0 amide bonds. The molecule has 1 rings (SSSR count). The van der Waals surface area contributed by atoms with Crippen molar-refractivity contribution in [2.24, 2.45) is 0 Å². The zero-order chi connectivity index (χ0) is 10.9. The summed E-state index contributed by atoms with van der Waals surface area (Å²) in [4.78, 5) is 10.8. The molecular weight excluding hydrogens is 192 g/mol. The van der Waals surface area contributed by atoms with Crippen molar-refractivity contribution in [2.75, 3.05) is 0 Å². The highest BCUT2D eigenvalue weighted by atomic mass is 28.3. The minimum absolute atomic E-state index is 0.00609. The highest BCUT2D eigenvalue weighted by Gasteiger charge is 2.26. The van der Waals surface area contributed by atoms with E-state index >= 15 is 0 Å². The van der Waals surface area contributed by atoms with Crippen molar-refractivity contribution in [3.8, 4) is 0 Å². The van der Waals surface area contributed by atoms with E-state index in [0.29, 0.717) is 0 Å². The highest BCUT2D eigenvalue weighted by Crippen LogP contribution is 2.22. The van der Waals surface area contributed by atoms with Crippen LogP contribution in [0.4, 0.5) is 0 Å². The molecule has 0 N–H and O–H groups in total. The lowest BCUT2D eigenvalue weighted by molar-refractivity contribution is 0.112. The fourth-order valence-corrected chi connectivity index (χ4v) is 3.48. The second kappa shape index (κ2) is 3.73. The third-order valence-electron chi connectivity index (χ3n) is 2.24. The first-order valence-corrected chi connectivity index (χ1v) is 7.83. The molecule has 0 aliphatic rings. The van der Waals surface area contributed by atoms with Crippen LogP contribution < -0.4 is 5.19 Å². The first-order chi connectivity index (χ1) is 6.38. The van der Waals surface area contributed by atoms with Crippen LogP contribution in [0.3, 0.4) is 0 Å². The Morgan fingerprint density at radius 2 is 1.93 bits per heavy atom. The van der Waals surface area contributed by atoms with Gasteiger partial charge in [-0.3, -0.25) is 4.79 Å². The average molecular weight is 210 g/mol. The molecule has 0 bridgehead atoms. The van der Waals surface area contributed by atoms with Gasteiger partial charge in [0.25, 0.3) is 0 Å². The molecule has 0 saturated heterocycles. The van der Waals surface area contributed by atoms with Crippen LogP contribution in [0.25, 0.3) is 0 Å². The molecule has 0 fully saturated rings. The molecule has 0 atom stereocenters. The van der Waals surface area contributed by atoms with Gasteiger partial charge in [-0.05, 0) is 5.19 Å². The Morgan fingerprint density at radius 3 is 2.29 bits per heavy atom. The summed E-state index contributed by atoms with van der Waals surface area (Å²) < 4.78 is 5.52. The second-order valence-electron chi connectivity index (χ2n) is 4.96. The van der Waals surface area contributed by atoms with Crippen LogP contribution in [-0.4, -0.2) is 15.1 Å². The molecule has 1 aromatic rings. The van der Waals surface area contributed by atoms with Crippen LogP contribution in [0.2, 0.25) is 13.1 Å².